The van der Waals surface area contributed by atoms with Crippen molar-refractivity contribution < 1.29 is 33.6 Å². The number of aliphatic hydroxyl groups is 1. The van der Waals surface area contributed by atoms with Crippen LogP contribution in [0.4, 0.5) is 0 Å². The van der Waals surface area contributed by atoms with Crippen LogP contribution in [0, 0.1) is 0 Å². The van der Waals surface area contributed by atoms with Gasteiger partial charge < -0.3 is 33.6 Å². The average Bonchev–Trinajstić information content (AvgIpc) is 3.70. The molecular weight excluding hydrogens is 688 g/mol. The maximum atomic E-state index is 12.5. The van der Waals surface area contributed by atoms with Gasteiger partial charge >= 0.3 is 0 Å². The zero-order chi connectivity index (χ0) is 37.5. The predicted molar refractivity (Wildman–Crippen MR) is 208 cm³/mol. The number of aldehydes is 1. The van der Waals surface area contributed by atoms with Crippen LogP contribution in [0.15, 0.2) is 127 Å². The number of methoxy groups -OCH3 is 1. The first kappa shape index (κ1) is 39.9. The van der Waals surface area contributed by atoms with Crippen LogP contribution in [0.3, 0.4) is 0 Å². The number of carbonyl (C=O) groups is 1. The van der Waals surface area contributed by atoms with Gasteiger partial charge in [-0.2, -0.15) is 0 Å². The lowest BCUT2D eigenvalue weighted by Crippen LogP contribution is -2.56. The summed E-state index contributed by atoms with van der Waals surface area (Å²) in [5, 5.41) is 9.19. The quantitative estimate of drug-likeness (QED) is 0.128. The molecule has 4 atom stereocenters. The van der Waals surface area contributed by atoms with Crippen LogP contribution < -0.4 is 4.74 Å². The number of rotatable bonds is 12. The Balaban J connectivity index is 0.000000475. The number of benzene rings is 5. The molecule has 2 aliphatic heterocycles. The van der Waals surface area contributed by atoms with Crippen molar-refractivity contribution >= 4 is 17.9 Å². The van der Waals surface area contributed by atoms with Gasteiger partial charge in [-0.25, -0.2) is 0 Å². The van der Waals surface area contributed by atoms with Gasteiger partial charge in [0.25, 0.3) is 0 Å². The Hall–Kier alpha value is -4.34. The Kier molecular flexibility index (Phi) is 15.2. The summed E-state index contributed by atoms with van der Waals surface area (Å²) in [5.74, 6) is -0.298. The fourth-order valence-corrected chi connectivity index (χ4v) is 6.65. The average molecular weight is 737 g/mol. The first-order valence-corrected chi connectivity index (χ1v) is 18.6. The topological polar surface area (TPSA) is 83.5 Å². The van der Waals surface area contributed by atoms with Crippen molar-refractivity contribution in [2.75, 3.05) is 13.7 Å². The van der Waals surface area contributed by atoms with E-state index in [2.05, 4.69) is 12.1 Å². The van der Waals surface area contributed by atoms with E-state index in [1.807, 2.05) is 129 Å². The number of ether oxygens (including phenoxy) is 5. The molecule has 0 bridgehead atoms. The van der Waals surface area contributed by atoms with Crippen molar-refractivity contribution in [3.05, 3.63) is 171 Å². The van der Waals surface area contributed by atoms with Crippen molar-refractivity contribution in [3.8, 4) is 5.75 Å². The van der Waals surface area contributed by atoms with Crippen LogP contribution in [0.5, 0.6) is 5.75 Å². The van der Waals surface area contributed by atoms with Crippen LogP contribution in [0.1, 0.15) is 59.2 Å². The number of hydrogen-bond donors (Lipinski definition) is 1. The Morgan fingerprint density at radius 1 is 0.792 bits per heavy atom. The van der Waals surface area contributed by atoms with Crippen LogP contribution in [0.2, 0.25) is 5.02 Å². The lowest BCUT2D eigenvalue weighted by molar-refractivity contribution is -0.321. The Bertz CT molecular complexity index is 1840. The zero-order valence-electron chi connectivity index (χ0n) is 30.7. The van der Waals surface area contributed by atoms with Crippen molar-refractivity contribution in [1.82, 2.24) is 0 Å². The molecule has 0 spiro atoms. The number of carbonyl (C=O) groups excluding carboxylic acids is 1. The van der Waals surface area contributed by atoms with E-state index in [1.54, 1.807) is 7.11 Å². The van der Waals surface area contributed by atoms with Gasteiger partial charge in [-0.1, -0.05) is 135 Å². The largest absolute Gasteiger partial charge is 0.493 e. The summed E-state index contributed by atoms with van der Waals surface area (Å²) in [7, 11) is 1.59. The normalized spacial score (nSPS) is 20.1. The van der Waals surface area contributed by atoms with Crippen LogP contribution >= 0.6 is 11.6 Å². The second kappa shape index (κ2) is 20.2. The van der Waals surface area contributed by atoms with E-state index in [0.29, 0.717) is 37.7 Å². The molecule has 2 heterocycles. The van der Waals surface area contributed by atoms with Gasteiger partial charge in [0.05, 0.1) is 32.5 Å². The lowest BCUT2D eigenvalue weighted by atomic mass is 9.89. The Labute approximate surface area is 318 Å². The molecule has 8 heteroatoms. The number of halogens is 1. The minimum absolute atomic E-state index is 0.140. The van der Waals surface area contributed by atoms with E-state index in [1.165, 1.54) is 5.56 Å². The molecule has 2 aliphatic rings. The molecule has 0 amide bonds. The van der Waals surface area contributed by atoms with Gasteiger partial charge in [-0.15, -0.1) is 0 Å². The molecule has 0 aliphatic carbocycles. The highest BCUT2D eigenvalue weighted by molar-refractivity contribution is 6.31. The molecule has 53 heavy (non-hydrogen) atoms. The van der Waals surface area contributed by atoms with Gasteiger partial charge in [-0.05, 0) is 58.0 Å². The monoisotopic (exact) mass is 736 g/mol. The molecule has 0 radical (unpaired) electrons. The molecule has 2 unspecified atom stereocenters. The van der Waals surface area contributed by atoms with Crippen molar-refractivity contribution in [3.63, 3.8) is 0 Å². The minimum atomic E-state index is -1.25. The fourth-order valence-electron chi connectivity index (χ4n) is 6.47. The predicted octanol–water partition coefficient (Wildman–Crippen LogP) is 9.03. The molecule has 5 aromatic carbocycles. The van der Waals surface area contributed by atoms with E-state index in [-0.39, 0.29) is 6.61 Å². The summed E-state index contributed by atoms with van der Waals surface area (Å²) in [6.07, 6.45) is 0.584. The zero-order valence-corrected chi connectivity index (χ0v) is 31.4. The first-order chi connectivity index (χ1) is 26.0. The molecule has 7 nitrogen and oxygen atoms in total. The number of hydrogen-bond acceptors (Lipinski definition) is 7. The maximum absolute atomic E-state index is 12.5. The molecule has 0 saturated carbocycles. The fraction of sp³-hybridized carbons (Fsp3) is 0.311. The number of fused-ring (bicyclic) bond motifs is 1. The maximum Gasteiger partial charge on any atom is 0.198 e. The summed E-state index contributed by atoms with van der Waals surface area (Å²) in [5.41, 5.74) is 7.04. The first-order valence-electron chi connectivity index (χ1n) is 18.2. The summed E-state index contributed by atoms with van der Waals surface area (Å²) < 4.78 is 31.1. The van der Waals surface area contributed by atoms with E-state index in [0.717, 1.165) is 51.8 Å². The van der Waals surface area contributed by atoms with Crippen molar-refractivity contribution in [2.45, 2.75) is 77.0 Å². The second-order valence-electron chi connectivity index (χ2n) is 12.6. The van der Waals surface area contributed by atoms with Crippen LogP contribution in [-0.4, -0.2) is 43.4 Å². The molecule has 5 aromatic rings. The summed E-state index contributed by atoms with van der Waals surface area (Å²) in [6.45, 7) is 5.53. The van der Waals surface area contributed by atoms with Crippen molar-refractivity contribution in [2.24, 2.45) is 0 Å². The smallest absolute Gasteiger partial charge is 0.198 e. The van der Waals surface area contributed by atoms with Crippen LogP contribution in [0.25, 0.3) is 0 Å². The highest BCUT2D eigenvalue weighted by Gasteiger charge is 2.50. The molecular formula is C45H49ClO7. The summed E-state index contributed by atoms with van der Waals surface area (Å²) >= 11 is 6.71. The standard InChI is InChI=1S/C36H35ClO6.C7H8O.C2H6/c1-39-36(30-13-14-31(37)29(20-30)19-27-12-15-32-28(18-27)16-17-40-32)21-33(41-23-25-8-4-2-5-9-25)35(34(22-38)43-36)42-24-26-10-6-3-7-11-26;8-6-7-4-2-1-3-5-7;1-2/h2-15,18,20,22,33-35H,16-17,19,21,23-24H2,1H3;1-5,8H,6H2;1-2H3/t33?,34?,35-,36+;;/m0../s1. The van der Waals surface area contributed by atoms with Gasteiger partial charge in [0.2, 0.25) is 0 Å². The summed E-state index contributed by atoms with van der Waals surface area (Å²) in [6, 6.07) is 41.4. The van der Waals surface area contributed by atoms with E-state index >= 15 is 0 Å². The third-order valence-corrected chi connectivity index (χ3v) is 9.57. The highest BCUT2D eigenvalue weighted by atomic mass is 35.5. The highest BCUT2D eigenvalue weighted by Crippen LogP contribution is 2.42. The molecule has 7 rings (SSSR count). The Morgan fingerprint density at radius 3 is 2.00 bits per heavy atom. The second-order valence-corrected chi connectivity index (χ2v) is 13.1. The minimum Gasteiger partial charge on any atom is -0.493 e. The van der Waals surface area contributed by atoms with E-state index in [9.17, 15) is 4.79 Å². The summed E-state index contributed by atoms with van der Waals surface area (Å²) in [4.78, 5) is 12.5. The van der Waals surface area contributed by atoms with Gasteiger partial charge in [-0.3, -0.25) is 0 Å². The molecule has 1 saturated heterocycles. The van der Waals surface area contributed by atoms with Crippen LogP contribution in [-0.2, 0) is 62.2 Å². The SMILES string of the molecule is CC.CO[C@]1(c2ccc(Cl)c(Cc3ccc4c(c3)CCO4)c2)CC(OCc2ccccc2)[C@H](OCc2ccccc2)C(C=O)O1.OCc1ccccc1. The molecule has 0 aromatic heterocycles. The lowest BCUT2D eigenvalue weighted by Gasteiger charge is -2.46. The Morgan fingerprint density at radius 2 is 1.42 bits per heavy atom. The third kappa shape index (κ3) is 10.6. The van der Waals surface area contributed by atoms with Crippen molar-refractivity contribution in [1.29, 1.82) is 0 Å². The number of aliphatic hydroxyl groups excluding tert-OH is 1. The van der Waals surface area contributed by atoms with E-state index < -0.39 is 24.1 Å². The third-order valence-electron chi connectivity index (χ3n) is 9.20. The molecule has 1 N–H and O–H groups in total. The van der Waals surface area contributed by atoms with Gasteiger partial charge in [0.15, 0.2) is 12.1 Å². The van der Waals surface area contributed by atoms with Gasteiger partial charge in [0.1, 0.15) is 18.0 Å². The molecule has 1 fully saturated rings. The molecule has 278 valence electrons. The van der Waals surface area contributed by atoms with E-state index in [4.69, 9.17) is 40.4 Å². The van der Waals surface area contributed by atoms with Gasteiger partial charge in [0, 0.05) is 30.5 Å².